The van der Waals surface area contributed by atoms with Gasteiger partial charge in [0, 0.05) is 23.8 Å². The minimum Gasteiger partial charge on any atom is -0.454 e. The largest absolute Gasteiger partial charge is 0.454 e. The van der Waals surface area contributed by atoms with Gasteiger partial charge in [-0.2, -0.15) is 0 Å². The SMILES string of the molecule is Clc1cnccc1Oc1cnc2ccccc2c1. The van der Waals surface area contributed by atoms with Crippen molar-refractivity contribution in [3.05, 3.63) is 60.0 Å². The molecule has 0 unspecified atom stereocenters. The van der Waals surface area contributed by atoms with Crippen LogP contribution in [0.4, 0.5) is 0 Å². The summed E-state index contributed by atoms with van der Waals surface area (Å²) in [4.78, 5) is 8.23. The van der Waals surface area contributed by atoms with Gasteiger partial charge in [0.05, 0.1) is 11.7 Å². The normalized spacial score (nSPS) is 10.5. The van der Waals surface area contributed by atoms with Crippen LogP contribution in [0.2, 0.25) is 5.02 Å². The van der Waals surface area contributed by atoms with E-state index in [9.17, 15) is 0 Å². The molecule has 0 saturated carbocycles. The van der Waals surface area contributed by atoms with Gasteiger partial charge in [-0.15, -0.1) is 0 Å². The first-order valence-corrected chi connectivity index (χ1v) is 5.83. The average Bonchev–Trinajstić information content (AvgIpc) is 2.41. The molecule has 3 aromatic rings. The fourth-order valence-corrected chi connectivity index (χ4v) is 1.84. The molecular formula is C14H9ClN2O. The summed E-state index contributed by atoms with van der Waals surface area (Å²) >= 11 is 5.98. The fourth-order valence-electron chi connectivity index (χ4n) is 1.68. The Hall–Kier alpha value is -2.13. The smallest absolute Gasteiger partial charge is 0.149 e. The number of pyridine rings is 2. The van der Waals surface area contributed by atoms with Crippen molar-refractivity contribution in [2.45, 2.75) is 0 Å². The van der Waals surface area contributed by atoms with Crippen molar-refractivity contribution < 1.29 is 4.74 Å². The monoisotopic (exact) mass is 256 g/mol. The molecule has 0 saturated heterocycles. The van der Waals surface area contributed by atoms with Crippen molar-refractivity contribution >= 4 is 22.5 Å². The molecular weight excluding hydrogens is 248 g/mol. The maximum atomic E-state index is 5.98. The van der Waals surface area contributed by atoms with E-state index in [4.69, 9.17) is 16.3 Å². The molecule has 3 rings (SSSR count). The number of benzene rings is 1. The fraction of sp³-hybridized carbons (Fsp3) is 0. The molecule has 0 aliphatic carbocycles. The molecule has 0 aliphatic rings. The summed E-state index contributed by atoms with van der Waals surface area (Å²) in [5.41, 5.74) is 0.936. The predicted molar refractivity (Wildman–Crippen MR) is 71.1 cm³/mol. The van der Waals surface area contributed by atoms with Crippen molar-refractivity contribution in [3.63, 3.8) is 0 Å². The van der Waals surface area contributed by atoms with Crippen LogP contribution in [0, 0.1) is 0 Å². The molecule has 1 aromatic carbocycles. The van der Waals surface area contributed by atoms with Crippen LogP contribution in [-0.2, 0) is 0 Å². The lowest BCUT2D eigenvalue weighted by molar-refractivity contribution is 0.481. The molecule has 0 aliphatic heterocycles. The molecule has 18 heavy (non-hydrogen) atoms. The summed E-state index contributed by atoms with van der Waals surface area (Å²) in [5.74, 6) is 1.23. The third kappa shape index (κ3) is 2.13. The average molecular weight is 257 g/mol. The second-order valence-corrected chi connectivity index (χ2v) is 4.18. The number of fused-ring (bicyclic) bond motifs is 1. The van der Waals surface area contributed by atoms with Crippen LogP contribution >= 0.6 is 11.6 Å². The minimum atomic E-state index is 0.477. The highest BCUT2D eigenvalue weighted by atomic mass is 35.5. The minimum absolute atomic E-state index is 0.477. The summed E-state index contributed by atoms with van der Waals surface area (Å²) in [5, 5.41) is 1.51. The zero-order chi connectivity index (χ0) is 12.4. The van der Waals surface area contributed by atoms with E-state index in [1.165, 1.54) is 0 Å². The number of aromatic nitrogens is 2. The molecule has 0 spiro atoms. The van der Waals surface area contributed by atoms with Gasteiger partial charge in [-0.1, -0.05) is 29.8 Å². The summed E-state index contributed by atoms with van der Waals surface area (Å²) in [6.45, 7) is 0. The van der Waals surface area contributed by atoms with E-state index in [1.54, 1.807) is 24.7 Å². The number of halogens is 1. The van der Waals surface area contributed by atoms with Crippen molar-refractivity contribution in [1.29, 1.82) is 0 Å². The summed E-state index contributed by atoms with van der Waals surface area (Å²) in [6, 6.07) is 11.5. The zero-order valence-electron chi connectivity index (χ0n) is 9.38. The van der Waals surface area contributed by atoms with E-state index in [2.05, 4.69) is 9.97 Å². The molecule has 0 atom stereocenters. The first-order chi connectivity index (χ1) is 8.83. The lowest BCUT2D eigenvalue weighted by Gasteiger charge is -2.07. The first kappa shape index (κ1) is 11.0. The van der Waals surface area contributed by atoms with E-state index in [-0.39, 0.29) is 0 Å². The van der Waals surface area contributed by atoms with Crippen molar-refractivity contribution in [2.75, 3.05) is 0 Å². The number of hydrogen-bond donors (Lipinski definition) is 0. The maximum Gasteiger partial charge on any atom is 0.149 e. The van der Waals surface area contributed by atoms with Gasteiger partial charge in [-0.3, -0.25) is 9.97 Å². The van der Waals surface area contributed by atoms with E-state index in [0.717, 1.165) is 10.9 Å². The highest BCUT2D eigenvalue weighted by Crippen LogP contribution is 2.28. The molecule has 0 bridgehead atoms. The molecule has 0 amide bonds. The summed E-state index contributed by atoms with van der Waals surface area (Å²) in [6.07, 6.45) is 4.86. The molecule has 3 nitrogen and oxygen atoms in total. The Morgan fingerprint density at radius 3 is 2.83 bits per heavy atom. The van der Waals surface area contributed by atoms with Crippen LogP contribution in [0.15, 0.2) is 55.0 Å². The van der Waals surface area contributed by atoms with E-state index in [1.807, 2.05) is 30.3 Å². The Morgan fingerprint density at radius 1 is 1.06 bits per heavy atom. The quantitative estimate of drug-likeness (QED) is 0.693. The van der Waals surface area contributed by atoms with Crippen molar-refractivity contribution in [1.82, 2.24) is 9.97 Å². The number of para-hydroxylation sites is 1. The number of hydrogen-bond acceptors (Lipinski definition) is 3. The highest BCUT2D eigenvalue weighted by molar-refractivity contribution is 6.31. The third-order valence-electron chi connectivity index (χ3n) is 2.53. The lowest BCUT2D eigenvalue weighted by atomic mass is 10.2. The van der Waals surface area contributed by atoms with E-state index < -0.39 is 0 Å². The maximum absolute atomic E-state index is 5.98. The van der Waals surface area contributed by atoms with Gasteiger partial charge >= 0.3 is 0 Å². The van der Waals surface area contributed by atoms with Crippen LogP contribution in [0.1, 0.15) is 0 Å². The highest BCUT2D eigenvalue weighted by Gasteiger charge is 2.03. The van der Waals surface area contributed by atoms with Crippen LogP contribution in [-0.4, -0.2) is 9.97 Å². The van der Waals surface area contributed by atoms with Gasteiger partial charge in [0.25, 0.3) is 0 Å². The molecule has 88 valence electrons. The van der Waals surface area contributed by atoms with Crippen molar-refractivity contribution in [3.8, 4) is 11.5 Å². The van der Waals surface area contributed by atoms with Crippen LogP contribution in [0.3, 0.4) is 0 Å². The molecule has 2 heterocycles. The van der Waals surface area contributed by atoms with Gasteiger partial charge in [-0.25, -0.2) is 0 Å². The van der Waals surface area contributed by atoms with Crippen LogP contribution < -0.4 is 4.74 Å². The van der Waals surface area contributed by atoms with Gasteiger partial charge in [0.2, 0.25) is 0 Å². The Kier molecular flexibility index (Phi) is 2.82. The number of ether oxygens (including phenoxy) is 1. The lowest BCUT2D eigenvalue weighted by Crippen LogP contribution is -1.87. The Balaban J connectivity index is 1.98. The van der Waals surface area contributed by atoms with Gasteiger partial charge < -0.3 is 4.74 Å². The standard InChI is InChI=1S/C14H9ClN2O/c15-12-9-16-6-5-14(12)18-11-7-10-3-1-2-4-13(10)17-8-11/h1-9H. The zero-order valence-corrected chi connectivity index (χ0v) is 10.1. The summed E-state index contributed by atoms with van der Waals surface area (Å²) < 4.78 is 5.68. The molecule has 0 fully saturated rings. The Bertz CT molecular complexity index is 700. The second kappa shape index (κ2) is 4.63. The number of rotatable bonds is 2. The topological polar surface area (TPSA) is 35.0 Å². The molecule has 0 radical (unpaired) electrons. The van der Waals surface area contributed by atoms with Gasteiger partial charge in [-0.05, 0) is 12.1 Å². The van der Waals surface area contributed by atoms with Gasteiger partial charge in [0.15, 0.2) is 0 Å². The summed E-state index contributed by atoms with van der Waals surface area (Å²) in [7, 11) is 0. The number of nitrogens with zero attached hydrogens (tertiary/aromatic N) is 2. The third-order valence-corrected chi connectivity index (χ3v) is 2.81. The van der Waals surface area contributed by atoms with Crippen molar-refractivity contribution in [2.24, 2.45) is 0 Å². The molecule has 4 heteroatoms. The van der Waals surface area contributed by atoms with E-state index in [0.29, 0.717) is 16.5 Å². The Morgan fingerprint density at radius 2 is 1.94 bits per heavy atom. The first-order valence-electron chi connectivity index (χ1n) is 5.45. The second-order valence-electron chi connectivity index (χ2n) is 3.77. The van der Waals surface area contributed by atoms with Crippen LogP contribution in [0.5, 0.6) is 11.5 Å². The molecule has 2 aromatic heterocycles. The predicted octanol–water partition coefficient (Wildman–Crippen LogP) is 4.08. The van der Waals surface area contributed by atoms with E-state index >= 15 is 0 Å². The van der Waals surface area contributed by atoms with Gasteiger partial charge in [0.1, 0.15) is 16.5 Å². The van der Waals surface area contributed by atoms with Crippen LogP contribution in [0.25, 0.3) is 10.9 Å². The molecule has 0 N–H and O–H groups in total. The Labute approximate surface area is 109 Å².